The lowest BCUT2D eigenvalue weighted by molar-refractivity contribution is 0.0764. The van der Waals surface area contributed by atoms with Gasteiger partial charge in [-0.05, 0) is 33.4 Å². The molecule has 3 nitrogen and oxygen atoms in total. The summed E-state index contributed by atoms with van der Waals surface area (Å²) in [6, 6.07) is 1.04. The number of nitrogens with two attached hydrogens (primary N) is 1. The molecule has 0 saturated heterocycles. The van der Waals surface area contributed by atoms with E-state index in [9.17, 15) is 0 Å². The molecule has 2 atom stereocenters. The van der Waals surface area contributed by atoms with E-state index >= 15 is 0 Å². The molecule has 0 aromatic carbocycles. The lowest BCUT2D eigenvalue weighted by atomic mass is 10.1. The molecule has 0 radical (unpaired) electrons. The molecule has 2 N–H and O–H groups in total. The monoisotopic (exact) mass is 188 g/mol. The quantitative estimate of drug-likeness (QED) is 0.650. The molecule has 0 saturated carbocycles. The first-order valence-electron chi connectivity index (χ1n) is 5.12. The lowest BCUT2D eigenvalue weighted by Crippen LogP contribution is -2.43. The predicted molar refractivity (Wildman–Crippen MR) is 56.9 cm³/mol. The van der Waals surface area contributed by atoms with Gasteiger partial charge < -0.3 is 10.5 Å². The van der Waals surface area contributed by atoms with E-state index in [0.717, 1.165) is 26.1 Å². The number of rotatable bonds is 7. The molecular formula is C10H24N2O. The molecule has 0 aliphatic heterocycles. The van der Waals surface area contributed by atoms with E-state index < -0.39 is 0 Å². The molecule has 0 spiro atoms. The zero-order chi connectivity index (χ0) is 10.3. The first kappa shape index (κ1) is 12.9. The van der Waals surface area contributed by atoms with Crippen LogP contribution >= 0.6 is 0 Å². The van der Waals surface area contributed by atoms with Crippen LogP contribution in [0.2, 0.25) is 0 Å². The summed E-state index contributed by atoms with van der Waals surface area (Å²) in [5.41, 5.74) is 5.54. The van der Waals surface area contributed by atoms with Crippen molar-refractivity contribution in [2.75, 3.05) is 26.8 Å². The van der Waals surface area contributed by atoms with Gasteiger partial charge in [0.25, 0.3) is 0 Å². The highest BCUT2D eigenvalue weighted by molar-refractivity contribution is 4.72. The lowest BCUT2D eigenvalue weighted by Gasteiger charge is -2.33. The van der Waals surface area contributed by atoms with E-state index in [4.69, 9.17) is 10.5 Å². The van der Waals surface area contributed by atoms with Crippen LogP contribution in [0, 0.1) is 0 Å². The van der Waals surface area contributed by atoms with Gasteiger partial charge in [0, 0.05) is 19.2 Å². The number of likely N-dealkylation sites (N-methyl/N-ethyl adjacent to an activating group) is 1. The Hall–Kier alpha value is -0.120. The maximum Gasteiger partial charge on any atom is 0.0615 e. The summed E-state index contributed by atoms with van der Waals surface area (Å²) in [4.78, 5) is 2.43. The minimum Gasteiger partial charge on any atom is -0.383 e. The van der Waals surface area contributed by atoms with Gasteiger partial charge in [0.2, 0.25) is 0 Å². The number of methoxy groups -OCH3 is 1. The van der Waals surface area contributed by atoms with E-state index in [1.54, 1.807) is 7.11 Å². The molecule has 0 aliphatic rings. The highest BCUT2D eigenvalue weighted by Gasteiger charge is 2.17. The minimum absolute atomic E-state index is 0.483. The molecule has 0 aromatic heterocycles. The van der Waals surface area contributed by atoms with Gasteiger partial charge in [0.1, 0.15) is 0 Å². The zero-order valence-electron chi connectivity index (χ0n) is 9.42. The van der Waals surface area contributed by atoms with Gasteiger partial charge >= 0.3 is 0 Å². The van der Waals surface area contributed by atoms with Crippen LogP contribution in [0.3, 0.4) is 0 Å². The van der Waals surface area contributed by atoms with Crippen molar-refractivity contribution in [1.29, 1.82) is 0 Å². The van der Waals surface area contributed by atoms with Crippen LogP contribution < -0.4 is 5.73 Å². The van der Waals surface area contributed by atoms with Crippen molar-refractivity contribution >= 4 is 0 Å². The second-order valence-electron chi connectivity index (χ2n) is 3.56. The molecule has 0 heterocycles. The molecule has 0 aromatic rings. The summed E-state index contributed by atoms with van der Waals surface area (Å²) in [7, 11) is 1.75. The summed E-state index contributed by atoms with van der Waals surface area (Å²) in [5, 5.41) is 0. The number of ether oxygens (including phenoxy) is 1. The van der Waals surface area contributed by atoms with Crippen LogP contribution in [-0.2, 0) is 4.74 Å². The Morgan fingerprint density at radius 2 is 1.92 bits per heavy atom. The third kappa shape index (κ3) is 4.60. The summed E-state index contributed by atoms with van der Waals surface area (Å²) in [6.45, 7) is 9.22. The Morgan fingerprint density at radius 3 is 2.31 bits per heavy atom. The summed E-state index contributed by atoms with van der Waals surface area (Å²) < 4.78 is 5.14. The highest BCUT2D eigenvalue weighted by atomic mass is 16.5. The van der Waals surface area contributed by atoms with E-state index in [1.165, 1.54) is 0 Å². The maximum absolute atomic E-state index is 5.54. The van der Waals surface area contributed by atoms with Gasteiger partial charge in [-0.25, -0.2) is 0 Å². The normalized spacial score (nSPS) is 16.2. The largest absolute Gasteiger partial charge is 0.383 e. The molecule has 0 rings (SSSR count). The summed E-state index contributed by atoms with van der Waals surface area (Å²) in [5.74, 6) is 0. The molecule has 0 amide bonds. The minimum atomic E-state index is 0.483. The Labute approximate surface area is 82.2 Å². The molecule has 2 unspecified atom stereocenters. The Kier molecular flexibility index (Phi) is 7.23. The van der Waals surface area contributed by atoms with Gasteiger partial charge in [0.05, 0.1) is 6.61 Å². The average molecular weight is 188 g/mol. The average Bonchev–Trinajstić information content (AvgIpc) is 2.06. The van der Waals surface area contributed by atoms with Crippen LogP contribution in [0.25, 0.3) is 0 Å². The third-order valence-corrected chi connectivity index (χ3v) is 2.49. The first-order chi connectivity index (χ1) is 6.17. The van der Waals surface area contributed by atoms with Crippen LogP contribution in [0.1, 0.15) is 27.2 Å². The Bertz CT molecular complexity index is 107. The van der Waals surface area contributed by atoms with E-state index in [-0.39, 0.29) is 0 Å². The maximum atomic E-state index is 5.54. The van der Waals surface area contributed by atoms with Crippen molar-refractivity contribution in [3.63, 3.8) is 0 Å². The summed E-state index contributed by atoms with van der Waals surface area (Å²) >= 11 is 0. The molecule has 0 aliphatic carbocycles. The van der Waals surface area contributed by atoms with Crippen molar-refractivity contribution < 1.29 is 4.74 Å². The molecule has 0 bridgehead atoms. The fourth-order valence-corrected chi connectivity index (χ4v) is 1.80. The Morgan fingerprint density at radius 1 is 1.31 bits per heavy atom. The highest BCUT2D eigenvalue weighted by Crippen LogP contribution is 2.08. The summed E-state index contributed by atoms with van der Waals surface area (Å²) in [6.07, 6.45) is 1.06. The standard InChI is InChI=1S/C10H24N2O/c1-5-12(9(2)6-7-11)10(3)8-13-4/h9-10H,5-8,11H2,1-4H3. The van der Waals surface area contributed by atoms with Gasteiger partial charge in [-0.2, -0.15) is 0 Å². The number of nitrogens with zero attached hydrogens (tertiary/aromatic N) is 1. The van der Waals surface area contributed by atoms with Crippen molar-refractivity contribution in [3.8, 4) is 0 Å². The fraction of sp³-hybridized carbons (Fsp3) is 1.00. The Balaban J connectivity index is 3.98. The van der Waals surface area contributed by atoms with Crippen LogP contribution in [0.4, 0.5) is 0 Å². The second-order valence-corrected chi connectivity index (χ2v) is 3.56. The van der Waals surface area contributed by atoms with Crippen molar-refractivity contribution in [2.24, 2.45) is 5.73 Å². The van der Waals surface area contributed by atoms with Crippen LogP contribution in [-0.4, -0.2) is 43.8 Å². The molecular weight excluding hydrogens is 164 g/mol. The van der Waals surface area contributed by atoms with Crippen molar-refractivity contribution in [2.45, 2.75) is 39.3 Å². The molecule has 80 valence electrons. The van der Waals surface area contributed by atoms with Gasteiger partial charge in [-0.3, -0.25) is 4.90 Å². The van der Waals surface area contributed by atoms with Crippen LogP contribution in [0.5, 0.6) is 0 Å². The molecule has 3 heteroatoms. The smallest absolute Gasteiger partial charge is 0.0615 e. The van der Waals surface area contributed by atoms with E-state index in [1.807, 2.05) is 0 Å². The van der Waals surface area contributed by atoms with E-state index in [0.29, 0.717) is 12.1 Å². The molecule has 13 heavy (non-hydrogen) atoms. The predicted octanol–water partition coefficient (Wildman–Crippen LogP) is 1.08. The van der Waals surface area contributed by atoms with E-state index in [2.05, 4.69) is 25.7 Å². The van der Waals surface area contributed by atoms with Gasteiger partial charge in [0.15, 0.2) is 0 Å². The first-order valence-corrected chi connectivity index (χ1v) is 5.12. The third-order valence-electron chi connectivity index (χ3n) is 2.49. The van der Waals surface area contributed by atoms with Crippen LogP contribution in [0.15, 0.2) is 0 Å². The number of hydrogen-bond donors (Lipinski definition) is 1. The van der Waals surface area contributed by atoms with Crippen molar-refractivity contribution in [1.82, 2.24) is 4.90 Å². The topological polar surface area (TPSA) is 38.5 Å². The number of hydrogen-bond acceptors (Lipinski definition) is 3. The fourth-order valence-electron chi connectivity index (χ4n) is 1.80. The molecule has 0 fully saturated rings. The zero-order valence-corrected chi connectivity index (χ0v) is 9.42. The van der Waals surface area contributed by atoms with Gasteiger partial charge in [-0.15, -0.1) is 0 Å². The SMILES string of the molecule is CCN(C(C)CCN)C(C)COC. The van der Waals surface area contributed by atoms with Crippen molar-refractivity contribution in [3.05, 3.63) is 0 Å². The van der Waals surface area contributed by atoms with Gasteiger partial charge in [-0.1, -0.05) is 6.92 Å². The second kappa shape index (κ2) is 7.30.